The van der Waals surface area contributed by atoms with Gasteiger partial charge in [-0.15, -0.1) is 0 Å². The summed E-state index contributed by atoms with van der Waals surface area (Å²) in [6, 6.07) is 12.4. The SMILES string of the molecule is CC1CC(c2ccc(OC3CCCCO3)cc2OC2CCCCO2)c2ccc(OC3CCCCO3)cc2O1. The van der Waals surface area contributed by atoms with Crippen molar-refractivity contribution in [2.45, 2.75) is 102 Å². The van der Waals surface area contributed by atoms with Crippen molar-refractivity contribution in [3.05, 3.63) is 47.5 Å². The Morgan fingerprint density at radius 1 is 0.632 bits per heavy atom. The molecule has 6 rings (SSSR count). The molecule has 0 N–H and O–H groups in total. The van der Waals surface area contributed by atoms with Crippen molar-refractivity contribution in [1.82, 2.24) is 0 Å². The molecule has 0 saturated carbocycles. The minimum atomic E-state index is -0.244. The third-order valence-corrected chi connectivity index (χ3v) is 7.82. The Morgan fingerprint density at radius 2 is 1.18 bits per heavy atom. The Labute approximate surface area is 225 Å². The van der Waals surface area contributed by atoms with Gasteiger partial charge in [0, 0.05) is 48.4 Å². The van der Waals surface area contributed by atoms with Crippen LogP contribution in [0.25, 0.3) is 0 Å². The highest BCUT2D eigenvalue weighted by atomic mass is 16.7. The van der Waals surface area contributed by atoms with E-state index in [9.17, 15) is 0 Å². The van der Waals surface area contributed by atoms with Crippen LogP contribution in [0.2, 0.25) is 0 Å². The summed E-state index contributed by atoms with van der Waals surface area (Å²) in [4.78, 5) is 0. The molecule has 7 heteroatoms. The molecule has 4 aliphatic rings. The second-order valence-corrected chi connectivity index (χ2v) is 10.9. The fourth-order valence-corrected chi connectivity index (χ4v) is 5.83. The Morgan fingerprint density at radius 3 is 1.76 bits per heavy atom. The quantitative estimate of drug-likeness (QED) is 0.399. The van der Waals surface area contributed by atoms with Gasteiger partial charge in [-0.25, -0.2) is 0 Å². The van der Waals surface area contributed by atoms with Gasteiger partial charge in [0.25, 0.3) is 0 Å². The summed E-state index contributed by atoms with van der Waals surface area (Å²) < 4.78 is 42.7. The van der Waals surface area contributed by atoms with Gasteiger partial charge in [-0.3, -0.25) is 0 Å². The summed E-state index contributed by atoms with van der Waals surface area (Å²) in [6.07, 6.45) is 9.62. The number of benzene rings is 2. The molecule has 2 aromatic rings. The predicted octanol–water partition coefficient (Wildman–Crippen LogP) is 6.71. The van der Waals surface area contributed by atoms with Crippen molar-refractivity contribution in [2.24, 2.45) is 0 Å². The lowest BCUT2D eigenvalue weighted by Gasteiger charge is -2.33. The molecule has 2 aromatic carbocycles. The van der Waals surface area contributed by atoms with Crippen LogP contribution < -0.4 is 18.9 Å². The maximum absolute atomic E-state index is 6.52. The largest absolute Gasteiger partial charge is 0.490 e. The highest BCUT2D eigenvalue weighted by molar-refractivity contribution is 5.52. The lowest BCUT2D eigenvalue weighted by atomic mass is 9.84. The first-order valence-corrected chi connectivity index (χ1v) is 14.5. The summed E-state index contributed by atoms with van der Waals surface area (Å²) in [5.41, 5.74) is 2.26. The molecule has 206 valence electrons. The molecule has 5 unspecified atom stereocenters. The van der Waals surface area contributed by atoms with Crippen molar-refractivity contribution in [1.29, 1.82) is 0 Å². The molecule has 3 fully saturated rings. The van der Waals surface area contributed by atoms with E-state index in [1.165, 1.54) is 0 Å². The average molecular weight is 525 g/mol. The van der Waals surface area contributed by atoms with Gasteiger partial charge in [0.15, 0.2) is 18.9 Å². The first kappa shape index (κ1) is 25.8. The zero-order chi connectivity index (χ0) is 25.7. The van der Waals surface area contributed by atoms with E-state index in [0.29, 0.717) is 0 Å². The Bertz CT molecular complexity index is 1050. The number of hydrogen-bond acceptors (Lipinski definition) is 7. The zero-order valence-electron chi connectivity index (χ0n) is 22.4. The first-order chi connectivity index (χ1) is 18.7. The summed E-state index contributed by atoms with van der Waals surface area (Å²) in [5.74, 6) is 3.34. The van der Waals surface area contributed by atoms with Crippen LogP contribution in [-0.4, -0.2) is 44.8 Å². The van der Waals surface area contributed by atoms with Gasteiger partial charge < -0.3 is 33.2 Å². The van der Waals surface area contributed by atoms with E-state index >= 15 is 0 Å². The van der Waals surface area contributed by atoms with Crippen LogP contribution in [0.5, 0.6) is 23.0 Å². The van der Waals surface area contributed by atoms with Crippen LogP contribution in [0.1, 0.15) is 88.2 Å². The van der Waals surface area contributed by atoms with Crippen molar-refractivity contribution in [2.75, 3.05) is 19.8 Å². The van der Waals surface area contributed by atoms with Crippen LogP contribution >= 0.6 is 0 Å². The Hall–Kier alpha value is -2.48. The van der Waals surface area contributed by atoms with Crippen LogP contribution in [-0.2, 0) is 14.2 Å². The van der Waals surface area contributed by atoms with Crippen LogP contribution in [0.4, 0.5) is 0 Å². The standard InChI is InChI=1S/C31H40O7/c1-21-18-26(24-13-11-22(19-27(24)35-21)36-29-8-2-5-15-32-29)25-14-12-23(37-30-9-3-6-16-33-30)20-28(25)38-31-10-4-7-17-34-31/h11-14,19-21,26,29-31H,2-10,15-18H2,1H3. The van der Waals surface area contributed by atoms with E-state index in [1.807, 2.05) is 24.3 Å². The number of hydrogen-bond donors (Lipinski definition) is 0. The first-order valence-electron chi connectivity index (χ1n) is 14.5. The fourth-order valence-electron chi connectivity index (χ4n) is 5.83. The van der Waals surface area contributed by atoms with Crippen LogP contribution in [0.15, 0.2) is 36.4 Å². The summed E-state index contributed by atoms with van der Waals surface area (Å²) in [5, 5.41) is 0. The van der Waals surface area contributed by atoms with E-state index in [-0.39, 0.29) is 30.9 Å². The second-order valence-electron chi connectivity index (χ2n) is 10.9. The molecule has 0 amide bonds. The topological polar surface area (TPSA) is 64.6 Å². The van der Waals surface area contributed by atoms with Gasteiger partial charge in [0.1, 0.15) is 23.0 Å². The van der Waals surface area contributed by atoms with E-state index in [2.05, 4.69) is 19.1 Å². The fraction of sp³-hybridized carbons (Fsp3) is 0.613. The molecule has 0 aliphatic carbocycles. The molecule has 4 heterocycles. The van der Waals surface area contributed by atoms with E-state index in [1.54, 1.807) is 0 Å². The van der Waals surface area contributed by atoms with E-state index < -0.39 is 0 Å². The molecule has 5 atom stereocenters. The van der Waals surface area contributed by atoms with Crippen molar-refractivity contribution in [3.8, 4) is 23.0 Å². The van der Waals surface area contributed by atoms with Crippen LogP contribution in [0, 0.1) is 0 Å². The highest BCUT2D eigenvalue weighted by Gasteiger charge is 2.31. The van der Waals surface area contributed by atoms with E-state index in [4.69, 9.17) is 33.2 Å². The third kappa shape index (κ3) is 6.22. The minimum absolute atomic E-state index is 0.0547. The second kappa shape index (κ2) is 12.1. The van der Waals surface area contributed by atoms with Gasteiger partial charge in [0.05, 0.1) is 25.9 Å². The van der Waals surface area contributed by atoms with Crippen molar-refractivity contribution in [3.63, 3.8) is 0 Å². The van der Waals surface area contributed by atoms with Gasteiger partial charge in [0.2, 0.25) is 0 Å². The number of ether oxygens (including phenoxy) is 7. The zero-order valence-corrected chi connectivity index (χ0v) is 22.4. The molecule has 4 aliphatic heterocycles. The normalized spacial score (nSPS) is 29.6. The summed E-state index contributed by atoms with van der Waals surface area (Å²) >= 11 is 0. The summed E-state index contributed by atoms with van der Waals surface area (Å²) in [7, 11) is 0. The van der Waals surface area contributed by atoms with Gasteiger partial charge in [-0.2, -0.15) is 0 Å². The molecule has 3 saturated heterocycles. The monoisotopic (exact) mass is 524 g/mol. The molecule has 7 nitrogen and oxygen atoms in total. The van der Waals surface area contributed by atoms with Gasteiger partial charge in [-0.1, -0.05) is 12.1 Å². The molecular formula is C31H40O7. The maximum Gasteiger partial charge on any atom is 0.199 e. The summed E-state index contributed by atoms with van der Waals surface area (Å²) in [6.45, 7) is 4.36. The molecule has 38 heavy (non-hydrogen) atoms. The predicted molar refractivity (Wildman–Crippen MR) is 142 cm³/mol. The number of rotatable bonds is 7. The van der Waals surface area contributed by atoms with Crippen molar-refractivity contribution < 1.29 is 33.2 Å². The third-order valence-electron chi connectivity index (χ3n) is 7.82. The molecule has 0 radical (unpaired) electrons. The number of fused-ring (bicyclic) bond motifs is 1. The lowest BCUT2D eigenvalue weighted by Crippen LogP contribution is -2.28. The van der Waals surface area contributed by atoms with Gasteiger partial charge >= 0.3 is 0 Å². The highest BCUT2D eigenvalue weighted by Crippen LogP contribution is 2.46. The van der Waals surface area contributed by atoms with Crippen LogP contribution in [0.3, 0.4) is 0 Å². The minimum Gasteiger partial charge on any atom is -0.490 e. The smallest absolute Gasteiger partial charge is 0.199 e. The molecule has 0 spiro atoms. The lowest BCUT2D eigenvalue weighted by molar-refractivity contribution is -0.109. The average Bonchev–Trinajstić information content (AvgIpc) is 2.94. The molecule has 0 aromatic heterocycles. The van der Waals surface area contributed by atoms with Crippen molar-refractivity contribution >= 4 is 0 Å². The van der Waals surface area contributed by atoms with E-state index in [0.717, 1.165) is 118 Å². The maximum atomic E-state index is 6.52. The van der Waals surface area contributed by atoms with Gasteiger partial charge in [-0.05, 0) is 64.0 Å². The Kier molecular flexibility index (Phi) is 8.24. The molecule has 0 bridgehead atoms. The Balaban J connectivity index is 1.28. The molecular weight excluding hydrogens is 484 g/mol.